The summed E-state index contributed by atoms with van der Waals surface area (Å²) in [6, 6.07) is 3.27. The highest BCUT2D eigenvalue weighted by Gasteiger charge is 2.25. The van der Waals surface area contributed by atoms with E-state index in [1.165, 1.54) is 0 Å². The average molecular weight is 359 g/mol. The van der Waals surface area contributed by atoms with Crippen molar-refractivity contribution in [3.63, 3.8) is 0 Å². The van der Waals surface area contributed by atoms with E-state index in [-0.39, 0.29) is 11.9 Å². The van der Waals surface area contributed by atoms with Crippen LogP contribution in [0, 0.1) is 25.5 Å². The molecule has 136 valence electrons. The molecule has 0 unspecified atom stereocenters. The van der Waals surface area contributed by atoms with Gasteiger partial charge >= 0.3 is 0 Å². The van der Waals surface area contributed by atoms with E-state index in [0.717, 1.165) is 53.9 Å². The number of halogens is 2. The highest BCUT2D eigenvalue weighted by Crippen LogP contribution is 2.27. The Balaban J connectivity index is 1.48. The highest BCUT2D eigenvalue weighted by atomic mass is 19.1. The molecule has 0 amide bonds. The van der Waals surface area contributed by atoms with Crippen molar-refractivity contribution in [1.82, 2.24) is 19.8 Å². The summed E-state index contributed by atoms with van der Waals surface area (Å²) in [5.41, 5.74) is 2.87. The molecule has 8 heteroatoms. The molecule has 0 aliphatic carbocycles. The van der Waals surface area contributed by atoms with Gasteiger partial charge in [-0.1, -0.05) is 0 Å². The van der Waals surface area contributed by atoms with Crippen LogP contribution >= 0.6 is 0 Å². The molecule has 3 heterocycles. The van der Waals surface area contributed by atoms with Crippen LogP contribution in [-0.2, 0) is 0 Å². The Morgan fingerprint density at radius 1 is 1.12 bits per heavy atom. The molecule has 1 saturated heterocycles. The molecule has 1 aliphatic heterocycles. The van der Waals surface area contributed by atoms with Crippen molar-refractivity contribution in [2.45, 2.75) is 32.8 Å². The number of aromatic nitrogens is 4. The summed E-state index contributed by atoms with van der Waals surface area (Å²) in [5, 5.41) is 12.6. The first-order chi connectivity index (χ1) is 12.5. The van der Waals surface area contributed by atoms with E-state index in [0.29, 0.717) is 12.8 Å². The molecule has 4 rings (SSSR count). The van der Waals surface area contributed by atoms with Crippen molar-refractivity contribution in [2.75, 3.05) is 18.0 Å². The predicted molar refractivity (Wildman–Crippen MR) is 92.5 cm³/mol. The molecule has 0 atom stereocenters. The first-order valence-corrected chi connectivity index (χ1v) is 8.57. The van der Waals surface area contributed by atoms with E-state index in [2.05, 4.69) is 20.2 Å². The topological polar surface area (TPSA) is 55.5 Å². The van der Waals surface area contributed by atoms with Crippen LogP contribution in [0.1, 0.15) is 24.0 Å². The maximum atomic E-state index is 13.8. The lowest BCUT2D eigenvalue weighted by Gasteiger charge is -2.33. The number of ether oxygens (including phenoxy) is 1. The highest BCUT2D eigenvalue weighted by molar-refractivity contribution is 5.58. The summed E-state index contributed by atoms with van der Waals surface area (Å²) in [7, 11) is 0. The summed E-state index contributed by atoms with van der Waals surface area (Å²) in [4.78, 5) is 2.18. The molecule has 0 N–H and O–H groups in total. The van der Waals surface area contributed by atoms with E-state index >= 15 is 0 Å². The Morgan fingerprint density at radius 2 is 1.88 bits per heavy atom. The number of anilines is 1. The van der Waals surface area contributed by atoms with E-state index in [9.17, 15) is 8.78 Å². The number of rotatable bonds is 3. The van der Waals surface area contributed by atoms with Crippen molar-refractivity contribution in [1.29, 1.82) is 0 Å². The maximum Gasteiger partial charge on any atom is 0.180 e. The van der Waals surface area contributed by atoms with Crippen molar-refractivity contribution in [3.8, 4) is 5.75 Å². The molecular formula is C18H19F2N5O. The number of nitrogens with zero attached hydrogens (tertiary/aromatic N) is 5. The van der Waals surface area contributed by atoms with E-state index in [1.807, 2.05) is 13.8 Å². The fourth-order valence-electron chi connectivity index (χ4n) is 3.30. The van der Waals surface area contributed by atoms with Crippen LogP contribution < -0.4 is 9.64 Å². The van der Waals surface area contributed by atoms with Crippen LogP contribution in [0.15, 0.2) is 24.5 Å². The summed E-state index contributed by atoms with van der Waals surface area (Å²) >= 11 is 0. The van der Waals surface area contributed by atoms with Crippen LogP contribution in [0.2, 0.25) is 0 Å². The molecular weight excluding hydrogens is 340 g/mol. The van der Waals surface area contributed by atoms with Gasteiger partial charge in [0.1, 0.15) is 18.2 Å². The third kappa shape index (κ3) is 2.95. The fraction of sp³-hybridized carbons (Fsp3) is 0.389. The molecule has 1 aliphatic rings. The van der Waals surface area contributed by atoms with Gasteiger partial charge in [-0.15, -0.1) is 15.3 Å². The summed E-state index contributed by atoms with van der Waals surface area (Å²) < 4.78 is 34.4. The predicted octanol–water partition coefficient (Wildman–Crippen LogP) is 3.07. The quantitative estimate of drug-likeness (QED) is 0.719. The van der Waals surface area contributed by atoms with Crippen LogP contribution in [0.4, 0.5) is 14.6 Å². The van der Waals surface area contributed by atoms with Gasteiger partial charge in [-0.05, 0) is 26.0 Å². The second-order valence-electron chi connectivity index (χ2n) is 6.55. The van der Waals surface area contributed by atoms with Gasteiger partial charge in [-0.2, -0.15) is 4.52 Å². The zero-order valence-electron chi connectivity index (χ0n) is 14.6. The third-order valence-electron chi connectivity index (χ3n) is 4.89. The molecule has 2 aromatic heterocycles. The Hall–Kier alpha value is -2.77. The second-order valence-corrected chi connectivity index (χ2v) is 6.55. The summed E-state index contributed by atoms with van der Waals surface area (Å²) in [5.74, 6) is -0.180. The molecule has 0 spiro atoms. The fourth-order valence-corrected chi connectivity index (χ4v) is 3.30. The molecule has 6 nitrogen and oxygen atoms in total. The monoisotopic (exact) mass is 359 g/mol. The minimum Gasteiger partial charge on any atom is -0.487 e. The zero-order valence-corrected chi connectivity index (χ0v) is 14.6. The van der Waals surface area contributed by atoms with E-state index in [1.54, 1.807) is 10.8 Å². The van der Waals surface area contributed by atoms with Crippen LogP contribution in [0.5, 0.6) is 5.75 Å². The SMILES string of the molecule is Cc1c(N2CCC(Oc3cc(F)ccc3F)CC2)nn2cnnc2c1C. The van der Waals surface area contributed by atoms with Gasteiger partial charge < -0.3 is 9.64 Å². The lowest BCUT2D eigenvalue weighted by molar-refractivity contribution is 0.163. The lowest BCUT2D eigenvalue weighted by Crippen LogP contribution is -2.39. The second kappa shape index (κ2) is 6.51. The number of aryl methyl sites for hydroxylation is 1. The van der Waals surface area contributed by atoms with Crippen LogP contribution in [0.25, 0.3) is 5.65 Å². The Bertz CT molecular complexity index is 950. The largest absolute Gasteiger partial charge is 0.487 e. The number of hydrogen-bond acceptors (Lipinski definition) is 5. The molecule has 0 bridgehead atoms. The number of fused-ring (bicyclic) bond motifs is 1. The zero-order chi connectivity index (χ0) is 18.3. The Kier molecular flexibility index (Phi) is 4.18. The van der Waals surface area contributed by atoms with Crippen molar-refractivity contribution in [2.24, 2.45) is 0 Å². The van der Waals surface area contributed by atoms with Gasteiger partial charge in [-0.3, -0.25) is 0 Å². The average Bonchev–Trinajstić information content (AvgIpc) is 3.11. The standard InChI is InChI=1S/C18H19F2N5O/c1-11-12(2)18(23-25-10-21-22-17(11)25)24-7-5-14(6-8-24)26-16-9-13(19)3-4-15(16)20/h3-4,9-10,14H,5-8H2,1-2H3. The van der Waals surface area contributed by atoms with Gasteiger partial charge in [-0.25, -0.2) is 8.78 Å². The van der Waals surface area contributed by atoms with E-state index < -0.39 is 11.6 Å². The van der Waals surface area contributed by atoms with Crippen molar-refractivity contribution < 1.29 is 13.5 Å². The first kappa shape index (κ1) is 16.7. The summed E-state index contributed by atoms with van der Waals surface area (Å²) in [6.45, 7) is 5.48. The van der Waals surface area contributed by atoms with Gasteiger partial charge in [0.25, 0.3) is 0 Å². The van der Waals surface area contributed by atoms with Gasteiger partial charge in [0.15, 0.2) is 23.0 Å². The normalized spacial score (nSPS) is 15.6. The minimum absolute atomic E-state index is 0.0282. The number of piperidine rings is 1. The Labute approximate surface area is 149 Å². The Morgan fingerprint density at radius 3 is 2.65 bits per heavy atom. The molecule has 3 aromatic rings. The molecule has 26 heavy (non-hydrogen) atoms. The lowest BCUT2D eigenvalue weighted by atomic mass is 10.1. The molecule has 1 aromatic carbocycles. The number of hydrogen-bond donors (Lipinski definition) is 0. The van der Waals surface area contributed by atoms with Crippen molar-refractivity contribution in [3.05, 3.63) is 47.3 Å². The first-order valence-electron chi connectivity index (χ1n) is 8.57. The van der Waals surface area contributed by atoms with E-state index in [4.69, 9.17) is 4.74 Å². The maximum absolute atomic E-state index is 13.8. The van der Waals surface area contributed by atoms with Crippen LogP contribution in [-0.4, -0.2) is 39.0 Å². The van der Waals surface area contributed by atoms with Crippen LogP contribution in [0.3, 0.4) is 0 Å². The molecule has 1 fully saturated rings. The van der Waals surface area contributed by atoms with Gasteiger partial charge in [0.05, 0.1) is 0 Å². The number of benzene rings is 1. The minimum atomic E-state index is -0.542. The molecule has 0 saturated carbocycles. The van der Waals surface area contributed by atoms with Crippen molar-refractivity contribution >= 4 is 11.5 Å². The van der Waals surface area contributed by atoms with Gasteiger partial charge in [0, 0.05) is 43.1 Å². The summed E-state index contributed by atoms with van der Waals surface area (Å²) in [6.07, 6.45) is 2.85. The molecule has 0 radical (unpaired) electrons. The smallest absolute Gasteiger partial charge is 0.180 e. The van der Waals surface area contributed by atoms with Gasteiger partial charge in [0.2, 0.25) is 0 Å². The third-order valence-corrected chi connectivity index (χ3v) is 4.89.